The third kappa shape index (κ3) is 4.34. The number of aromatic hydroxyl groups is 1. The maximum atomic E-state index is 11.6. The predicted octanol–water partition coefficient (Wildman–Crippen LogP) is 3.98. The molecule has 6 nitrogen and oxygen atoms in total. The van der Waals surface area contributed by atoms with Crippen molar-refractivity contribution in [1.82, 2.24) is 0 Å². The average molecular weight is 381 g/mol. The van der Waals surface area contributed by atoms with Crippen LogP contribution in [0.1, 0.15) is 31.4 Å². The smallest absolute Gasteiger partial charge is 0.335 e. The van der Waals surface area contributed by atoms with Crippen molar-refractivity contribution in [3.63, 3.8) is 0 Å². The molecule has 0 saturated carbocycles. The van der Waals surface area contributed by atoms with E-state index in [9.17, 15) is 9.90 Å². The summed E-state index contributed by atoms with van der Waals surface area (Å²) in [6.45, 7) is 11.1. The van der Waals surface area contributed by atoms with Gasteiger partial charge in [-0.2, -0.15) is 0 Å². The Balaban J connectivity index is 2.62. The highest BCUT2D eigenvalue weighted by atomic mass is 16.5. The summed E-state index contributed by atoms with van der Waals surface area (Å²) in [5, 5.41) is 18.6. The van der Waals surface area contributed by atoms with Crippen LogP contribution >= 0.6 is 0 Å². The van der Waals surface area contributed by atoms with E-state index in [1.54, 1.807) is 31.2 Å². The van der Waals surface area contributed by atoms with Crippen molar-refractivity contribution in [3.8, 4) is 22.6 Å². The molecule has 148 valence electrons. The number of esters is 1. The van der Waals surface area contributed by atoms with E-state index in [-0.39, 0.29) is 11.6 Å². The van der Waals surface area contributed by atoms with Crippen LogP contribution in [0, 0.1) is 12.3 Å². The number of hydrogen-bond donors (Lipinski definition) is 3. The molecular formula is C22H27N3O3. The van der Waals surface area contributed by atoms with Crippen molar-refractivity contribution >= 4 is 17.5 Å². The molecule has 0 bridgehead atoms. The number of nitrogens with two attached hydrogens (primary N) is 1. The Morgan fingerprint density at radius 1 is 1.32 bits per heavy atom. The minimum atomic E-state index is -0.581. The van der Waals surface area contributed by atoms with Gasteiger partial charge in [-0.3, -0.25) is 5.41 Å². The van der Waals surface area contributed by atoms with E-state index in [0.717, 1.165) is 31.3 Å². The Hall–Kier alpha value is -3.28. The molecule has 2 rings (SSSR count). The summed E-state index contributed by atoms with van der Waals surface area (Å²) in [6.07, 6.45) is 2.08. The largest absolute Gasteiger partial charge is 0.507 e. The first-order chi connectivity index (χ1) is 13.3. The molecule has 0 fully saturated rings. The van der Waals surface area contributed by atoms with Crippen molar-refractivity contribution in [3.05, 3.63) is 54.1 Å². The topological polar surface area (TPSA) is 99.6 Å². The highest BCUT2D eigenvalue weighted by Crippen LogP contribution is 2.39. The van der Waals surface area contributed by atoms with Crippen LogP contribution in [-0.4, -0.2) is 30.0 Å². The highest BCUT2D eigenvalue weighted by molar-refractivity contribution is 6.03. The molecule has 6 heteroatoms. The van der Waals surface area contributed by atoms with Crippen molar-refractivity contribution in [1.29, 1.82) is 5.41 Å². The van der Waals surface area contributed by atoms with E-state index in [1.807, 2.05) is 6.07 Å². The van der Waals surface area contributed by atoms with Gasteiger partial charge in [-0.05, 0) is 44.5 Å². The van der Waals surface area contributed by atoms with Gasteiger partial charge in [-0.15, -0.1) is 0 Å². The van der Waals surface area contributed by atoms with Gasteiger partial charge in [0.15, 0.2) is 0 Å². The van der Waals surface area contributed by atoms with Crippen LogP contribution in [-0.2, 0) is 4.79 Å². The van der Waals surface area contributed by atoms with Gasteiger partial charge in [-0.1, -0.05) is 13.5 Å². The minimum absolute atomic E-state index is 0.0739. The average Bonchev–Trinajstić information content (AvgIpc) is 2.67. The summed E-state index contributed by atoms with van der Waals surface area (Å²) in [7, 11) is 0. The van der Waals surface area contributed by atoms with Crippen molar-refractivity contribution in [2.24, 2.45) is 5.73 Å². The minimum Gasteiger partial charge on any atom is -0.507 e. The lowest BCUT2D eigenvalue weighted by Gasteiger charge is -2.23. The Morgan fingerprint density at radius 2 is 2.04 bits per heavy atom. The highest BCUT2D eigenvalue weighted by Gasteiger charge is 2.19. The van der Waals surface area contributed by atoms with Gasteiger partial charge in [0.2, 0.25) is 0 Å². The summed E-state index contributed by atoms with van der Waals surface area (Å²) in [6, 6.07) is 8.64. The number of phenols is 1. The molecule has 0 amide bonds. The Labute approximate surface area is 165 Å². The summed E-state index contributed by atoms with van der Waals surface area (Å²) >= 11 is 0. The van der Waals surface area contributed by atoms with Crippen LogP contribution < -0.4 is 15.4 Å². The van der Waals surface area contributed by atoms with Crippen molar-refractivity contribution in [2.75, 3.05) is 18.0 Å². The number of rotatable bonds is 8. The van der Waals surface area contributed by atoms with Crippen LogP contribution in [0.15, 0.2) is 43.0 Å². The number of nitrogens with one attached hydrogen (secondary N) is 1. The summed E-state index contributed by atoms with van der Waals surface area (Å²) in [5.74, 6) is -0.314. The molecule has 0 spiro atoms. The van der Waals surface area contributed by atoms with Crippen molar-refractivity contribution in [2.45, 2.75) is 27.2 Å². The number of nitrogens with zero attached hydrogens (tertiary/aromatic N) is 1. The van der Waals surface area contributed by atoms with Crippen LogP contribution in [0.4, 0.5) is 5.69 Å². The van der Waals surface area contributed by atoms with Crippen LogP contribution in [0.5, 0.6) is 11.5 Å². The fraction of sp³-hybridized carbons (Fsp3) is 0.273. The first kappa shape index (κ1) is 21.0. The molecule has 0 saturated heterocycles. The summed E-state index contributed by atoms with van der Waals surface area (Å²) in [4.78, 5) is 13.8. The third-order valence-electron chi connectivity index (χ3n) is 4.57. The molecule has 2 aromatic rings. The first-order valence-corrected chi connectivity index (χ1v) is 9.24. The molecule has 0 aliphatic heterocycles. The lowest BCUT2D eigenvalue weighted by atomic mass is 9.92. The fourth-order valence-electron chi connectivity index (χ4n) is 3.19. The van der Waals surface area contributed by atoms with E-state index < -0.39 is 5.97 Å². The van der Waals surface area contributed by atoms with Crippen LogP contribution in [0.25, 0.3) is 11.1 Å². The lowest BCUT2D eigenvalue weighted by molar-refractivity contribution is -0.129. The molecular weight excluding hydrogens is 354 g/mol. The number of ether oxygens (including phenoxy) is 1. The Kier molecular flexibility index (Phi) is 6.82. The molecule has 4 N–H and O–H groups in total. The second-order valence-corrected chi connectivity index (χ2v) is 6.43. The number of amidine groups is 1. The maximum absolute atomic E-state index is 11.6. The van der Waals surface area contributed by atoms with Gasteiger partial charge in [-0.25, -0.2) is 4.79 Å². The molecule has 2 aromatic carbocycles. The second-order valence-electron chi connectivity index (χ2n) is 6.43. The third-order valence-corrected chi connectivity index (χ3v) is 4.57. The number of anilines is 1. The van der Waals surface area contributed by atoms with Gasteiger partial charge in [0.25, 0.3) is 0 Å². The van der Waals surface area contributed by atoms with Gasteiger partial charge in [0, 0.05) is 53.2 Å². The van der Waals surface area contributed by atoms with Gasteiger partial charge < -0.3 is 20.5 Å². The van der Waals surface area contributed by atoms with E-state index in [1.165, 1.54) is 0 Å². The van der Waals surface area contributed by atoms with Gasteiger partial charge in [0.1, 0.15) is 17.3 Å². The van der Waals surface area contributed by atoms with Crippen LogP contribution in [0.2, 0.25) is 0 Å². The number of benzene rings is 2. The predicted molar refractivity (Wildman–Crippen MR) is 113 cm³/mol. The number of phenolic OH excluding ortho intramolecular Hbond substituents is 1. The van der Waals surface area contributed by atoms with E-state index in [4.69, 9.17) is 15.9 Å². The maximum Gasteiger partial charge on any atom is 0.335 e. The molecule has 0 radical (unpaired) electrons. The zero-order valence-corrected chi connectivity index (χ0v) is 16.6. The van der Waals surface area contributed by atoms with Gasteiger partial charge >= 0.3 is 5.97 Å². The summed E-state index contributed by atoms with van der Waals surface area (Å²) in [5.41, 5.74) is 8.82. The molecule has 0 aromatic heterocycles. The van der Waals surface area contributed by atoms with E-state index in [0.29, 0.717) is 28.0 Å². The number of carbonyl (C=O) groups excluding carboxylic acids is 1. The molecule has 0 aliphatic rings. The fourth-order valence-corrected chi connectivity index (χ4v) is 3.19. The van der Waals surface area contributed by atoms with Gasteiger partial charge in [0.05, 0.1) is 0 Å². The van der Waals surface area contributed by atoms with Crippen molar-refractivity contribution < 1.29 is 14.6 Å². The Morgan fingerprint density at radius 3 is 2.57 bits per heavy atom. The normalized spacial score (nSPS) is 10.4. The second kappa shape index (κ2) is 9.08. The number of hydrogen-bond acceptors (Lipinski definition) is 5. The zero-order valence-electron chi connectivity index (χ0n) is 16.6. The summed E-state index contributed by atoms with van der Waals surface area (Å²) < 4.78 is 5.28. The first-order valence-electron chi connectivity index (χ1n) is 9.24. The lowest BCUT2D eigenvalue weighted by Crippen LogP contribution is -2.23. The van der Waals surface area contributed by atoms with E-state index in [2.05, 4.69) is 25.3 Å². The Bertz CT molecular complexity index is 906. The zero-order chi connectivity index (χ0) is 20.8. The SMILES string of the molecule is C=CC(=O)Oc1ccc(C(=N)N)c(-c2ccc(N(CC)CCC)cc2O)c1C. The number of nitrogen functional groups attached to an aromatic ring is 1. The van der Waals surface area contributed by atoms with Crippen LogP contribution in [0.3, 0.4) is 0 Å². The number of carbonyl (C=O) groups is 1. The standard InChI is InChI=1S/C22H27N3O3/c1-5-12-25(7-3)15-8-9-16(18(26)13-15)21-14(4)19(28-20(27)6-2)11-10-17(21)22(23)24/h6,8-11,13,26H,2,5,7,12H2,1,3-4H3,(H3,23,24). The molecule has 0 heterocycles. The van der Waals surface area contributed by atoms with E-state index >= 15 is 0 Å². The quantitative estimate of drug-likeness (QED) is 0.211. The monoisotopic (exact) mass is 381 g/mol. The molecule has 28 heavy (non-hydrogen) atoms. The molecule has 0 aliphatic carbocycles. The molecule has 0 unspecified atom stereocenters. The molecule has 0 atom stereocenters.